The Balaban J connectivity index is 2.19. The summed E-state index contributed by atoms with van der Waals surface area (Å²) in [6, 6.07) is 9.95. The zero-order valence-corrected chi connectivity index (χ0v) is 19.8. The number of carbonyl (C=O) groups is 4. The van der Waals surface area contributed by atoms with E-state index in [0.29, 0.717) is 5.56 Å². The van der Waals surface area contributed by atoms with Crippen LogP contribution in [0.3, 0.4) is 0 Å². The number of ether oxygens (including phenoxy) is 1. The summed E-state index contributed by atoms with van der Waals surface area (Å²) in [4.78, 5) is 50.5. The van der Waals surface area contributed by atoms with Crippen molar-refractivity contribution in [3.05, 3.63) is 64.7 Å². The molecule has 0 saturated carbocycles. The molecule has 0 bridgehead atoms. The summed E-state index contributed by atoms with van der Waals surface area (Å²) in [6.45, 7) is 0.0442. The number of nitrogens with one attached hydrogen (secondary N) is 2. The summed E-state index contributed by atoms with van der Waals surface area (Å²) in [5.74, 6) is -4.49. The first kappa shape index (κ1) is 28.3. The largest absolute Gasteiger partial charge is 0.491 e. The van der Waals surface area contributed by atoms with E-state index in [9.17, 15) is 19.2 Å². The fourth-order valence-corrected chi connectivity index (χ4v) is 3.15. The van der Waals surface area contributed by atoms with Crippen LogP contribution in [0.5, 0.6) is 5.75 Å². The number of amides is 1. The first-order valence-electron chi connectivity index (χ1n) is 11.0. The van der Waals surface area contributed by atoms with E-state index < -0.39 is 36.1 Å². The molecule has 0 radical (unpaired) electrons. The summed E-state index contributed by atoms with van der Waals surface area (Å²) < 4.78 is 5.77. The van der Waals surface area contributed by atoms with Crippen LogP contribution in [0.1, 0.15) is 39.9 Å². The molecule has 0 fully saturated rings. The highest BCUT2D eigenvalue weighted by Crippen LogP contribution is 2.22. The molecule has 13 heteroatoms. The van der Waals surface area contributed by atoms with E-state index in [2.05, 4.69) is 10.3 Å². The number of aliphatic imine (C=N–C) groups is 1. The Bertz CT molecular complexity index is 1210. The quantitative estimate of drug-likeness (QED) is 0.101. The van der Waals surface area contributed by atoms with Gasteiger partial charge in [-0.15, -0.1) is 0 Å². The predicted octanol–water partition coefficient (Wildman–Crippen LogP) is -0.0175. The standard InChI is InChI=1S/C24H28N6O7/c25-21(26)16-6-5-15(9-18(31)23(35)36)19(10-16)37-12-17(7-8-20(32)33)30-22(34)14-3-1-13(2-4-14)11-29-24(27)28/h1-6,10,17H,7-9,11-12H2,(H3,25,26)(H,30,34)(H,32,33)(H,35,36)(H4,27,28,29). The van der Waals surface area contributed by atoms with Gasteiger partial charge in [0.2, 0.25) is 5.78 Å². The van der Waals surface area contributed by atoms with Gasteiger partial charge in [0.25, 0.3) is 5.91 Å². The molecule has 0 saturated heterocycles. The number of carboxylic acid groups (broad SMARTS) is 2. The van der Waals surface area contributed by atoms with Crippen molar-refractivity contribution >= 4 is 35.4 Å². The van der Waals surface area contributed by atoms with Crippen LogP contribution in [0, 0.1) is 5.41 Å². The average molecular weight is 513 g/mol. The van der Waals surface area contributed by atoms with Crippen molar-refractivity contribution in [2.24, 2.45) is 22.2 Å². The summed E-state index contributed by atoms with van der Waals surface area (Å²) >= 11 is 0. The molecular formula is C24H28N6O7. The van der Waals surface area contributed by atoms with Crippen LogP contribution < -0.4 is 27.3 Å². The van der Waals surface area contributed by atoms with Gasteiger partial charge in [-0.05, 0) is 30.2 Å². The van der Waals surface area contributed by atoms with E-state index >= 15 is 0 Å². The molecule has 0 aromatic heterocycles. The molecule has 1 atom stereocenters. The number of amidine groups is 1. The first-order valence-corrected chi connectivity index (χ1v) is 11.0. The number of benzene rings is 2. The minimum absolute atomic E-state index is 0.0272. The molecule has 13 nitrogen and oxygen atoms in total. The van der Waals surface area contributed by atoms with E-state index in [1.165, 1.54) is 18.2 Å². The maximum absolute atomic E-state index is 12.8. The number of hydrogen-bond donors (Lipinski definition) is 7. The van der Waals surface area contributed by atoms with Crippen LogP contribution in [0.15, 0.2) is 47.5 Å². The van der Waals surface area contributed by atoms with Gasteiger partial charge in [-0.2, -0.15) is 0 Å². The highest BCUT2D eigenvalue weighted by Gasteiger charge is 2.20. The Kier molecular flexibility index (Phi) is 10.1. The third-order valence-electron chi connectivity index (χ3n) is 5.11. The molecule has 2 rings (SSSR count). The van der Waals surface area contributed by atoms with Crippen molar-refractivity contribution in [1.29, 1.82) is 5.41 Å². The molecule has 37 heavy (non-hydrogen) atoms. The maximum atomic E-state index is 12.8. The van der Waals surface area contributed by atoms with E-state index in [1.54, 1.807) is 24.3 Å². The number of nitrogens with two attached hydrogens (primary N) is 3. The molecule has 2 aromatic carbocycles. The van der Waals surface area contributed by atoms with Gasteiger partial charge in [0, 0.05) is 29.5 Å². The van der Waals surface area contributed by atoms with Gasteiger partial charge in [0.05, 0.1) is 12.6 Å². The lowest BCUT2D eigenvalue weighted by Crippen LogP contribution is -2.39. The predicted molar refractivity (Wildman–Crippen MR) is 133 cm³/mol. The number of nitrogen functional groups attached to an aromatic ring is 1. The zero-order chi connectivity index (χ0) is 27.5. The Labute approximate surface area is 211 Å². The van der Waals surface area contributed by atoms with Crippen molar-refractivity contribution in [1.82, 2.24) is 5.32 Å². The van der Waals surface area contributed by atoms with E-state index in [-0.39, 0.29) is 54.7 Å². The summed E-state index contributed by atoms with van der Waals surface area (Å²) in [5.41, 5.74) is 17.7. The van der Waals surface area contributed by atoms with E-state index in [0.717, 1.165) is 5.56 Å². The number of Topliss-reactive ketones (excluding diaryl/α,β-unsaturated/α-hetero) is 1. The molecule has 0 aliphatic carbocycles. The van der Waals surface area contributed by atoms with Crippen molar-refractivity contribution in [2.75, 3.05) is 6.61 Å². The second-order valence-electron chi connectivity index (χ2n) is 7.99. The molecular weight excluding hydrogens is 484 g/mol. The highest BCUT2D eigenvalue weighted by atomic mass is 16.5. The zero-order valence-electron chi connectivity index (χ0n) is 19.8. The molecule has 0 spiro atoms. The molecule has 2 aromatic rings. The second kappa shape index (κ2) is 13.2. The van der Waals surface area contributed by atoms with Gasteiger partial charge in [0.1, 0.15) is 18.2 Å². The van der Waals surface area contributed by atoms with Gasteiger partial charge >= 0.3 is 11.9 Å². The minimum Gasteiger partial charge on any atom is -0.491 e. The number of ketones is 1. The lowest BCUT2D eigenvalue weighted by Gasteiger charge is -2.20. The Hall–Kier alpha value is -4.94. The van der Waals surface area contributed by atoms with Crippen LogP contribution in [0.25, 0.3) is 0 Å². The third-order valence-corrected chi connectivity index (χ3v) is 5.11. The fourth-order valence-electron chi connectivity index (χ4n) is 3.15. The number of guanidine groups is 1. The first-order chi connectivity index (χ1) is 17.5. The number of carboxylic acids is 2. The van der Waals surface area contributed by atoms with E-state index in [1.807, 2.05) is 0 Å². The molecule has 1 unspecified atom stereocenters. The van der Waals surface area contributed by atoms with Crippen molar-refractivity contribution < 1.29 is 34.1 Å². The lowest BCUT2D eigenvalue weighted by atomic mass is 10.0. The lowest BCUT2D eigenvalue weighted by molar-refractivity contribution is -0.148. The molecule has 0 heterocycles. The smallest absolute Gasteiger partial charge is 0.372 e. The van der Waals surface area contributed by atoms with Gasteiger partial charge < -0.3 is 37.5 Å². The Morgan fingerprint density at radius 1 is 1.00 bits per heavy atom. The Morgan fingerprint density at radius 2 is 1.65 bits per heavy atom. The van der Waals surface area contributed by atoms with Crippen LogP contribution >= 0.6 is 0 Å². The van der Waals surface area contributed by atoms with E-state index in [4.69, 9.17) is 37.6 Å². The monoisotopic (exact) mass is 512 g/mol. The van der Waals surface area contributed by atoms with Gasteiger partial charge in [-0.25, -0.2) is 9.79 Å². The number of carbonyl (C=O) groups excluding carboxylic acids is 2. The number of nitrogens with zero attached hydrogens (tertiary/aromatic N) is 1. The Morgan fingerprint density at radius 3 is 2.22 bits per heavy atom. The fraction of sp³-hybridized carbons (Fsp3) is 0.250. The SMILES string of the molecule is N=C(N)c1ccc(CC(=O)C(=O)O)c(OCC(CCC(=O)O)NC(=O)c2ccc(CN=C(N)N)cc2)c1. The molecule has 0 aliphatic rings. The topological polar surface area (TPSA) is 244 Å². The van der Waals surface area contributed by atoms with Crippen molar-refractivity contribution in [3.8, 4) is 5.75 Å². The van der Waals surface area contributed by atoms with Crippen LogP contribution in [-0.4, -0.2) is 58.3 Å². The molecule has 10 N–H and O–H groups in total. The maximum Gasteiger partial charge on any atom is 0.372 e. The number of aliphatic carboxylic acids is 2. The van der Waals surface area contributed by atoms with Gasteiger partial charge in [0.15, 0.2) is 5.96 Å². The normalized spacial score (nSPS) is 11.1. The summed E-state index contributed by atoms with van der Waals surface area (Å²) in [5, 5.41) is 28.4. The van der Waals surface area contributed by atoms with Crippen LogP contribution in [-0.2, 0) is 27.3 Å². The van der Waals surface area contributed by atoms with Crippen molar-refractivity contribution in [2.45, 2.75) is 31.8 Å². The second-order valence-corrected chi connectivity index (χ2v) is 7.99. The molecule has 196 valence electrons. The van der Waals surface area contributed by atoms with Crippen LogP contribution in [0.2, 0.25) is 0 Å². The average Bonchev–Trinajstić information content (AvgIpc) is 2.84. The summed E-state index contributed by atoms with van der Waals surface area (Å²) in [7, 11) is 0. The number of rotatable bonds is 14. The molecule has 0 aliphatic heterocycles. The van der Waals surface area contributed by atoms with Crippen LogP contribution in [0.4, 0.5) is 0 Å². The third kappa shape index (κ3) is 9.32. The van der Waals surface area contributed by atoms with Gasteiger partial charge in [-0.3, -0.25) is 19.8 Å². The number of hydrogen-bond acceptors (Lipinski definition) is 7. The van der Waals surface area contributed by atoms with Gasteiger partial charge in [-0.1, -0.05) is 24.3 Å². The highest BCUT2D eigenvalue weighted by molar-refractivity contribution is 6.33. The van der Waals surface area contributed by atoms with Crippen molar-refractivity contribution in [3.63, 3.8) is 0 Å². The minimum atomic E-state index is -1.61. The molecule has 1 amide bonds. The summed E-state index contributed by atoms with van der Waals surface area (Å²) in [6.07, 6.45) is -0.704.